The number of hydrogen-bond acceptors (Lipinski definition) is 6. The zero-order valence-electron chi connectivity index (χ0n) is 13.2. The number of carbonyl (C=O) groups excluding carboxylic acids is 1. The van der Waals surface area contributed by atoms with Crippen molar-refractivity contribution in [3.63, 3.8) is 0 Å². The Morgan fingerprint density at radius 2 is 1.92 bits per heavy atom. The topological polar surface area (TPSA) is 107 Å². The molecule has 0 saturated carbocycles. The van der Waals surface area contributed by atoms with E-state index in [1.807, 2.05) is 0 Å². The number of hydrogen-bond donors (Lipinski definition) is 2. The Labute approximate surface area is 144 Å². The Kier molecular flexibility index (Phi) is 6.25. The lowest BCUT2D eigenvalue weighted by Crippen LogP contribution is -2.30. The van der Waals surface area contributed by atoms with E-state index in [4.69, 9.17) is 9.47 Å². The number of methoxy groups -OCH3 is 1. The van der Waals surface area contributed by atoms with Gasteiger partial charge >= 0.3 is 6.09 Å². The van der Waals surface area contributed by atoms with Crippen LogP contribution in [0.5, 0.6) is 5.88 Å². The maximum atomic E-state index is 12.9. The molecule has 10 heteroatoms. The van der Waals surface area contributed by atoms with Crippen LogP contribution in [-0.2, 0) is 14.8 Å². The molecule has 0 aliphatic heterocycles. The van der Waals surface area contributed by atoms with Gasteiger partial charge in [-0.2, -0.15) is 0 Å². The molecule has 25 heavy (non-hydrogen) atoms. The first-order valence-corrected chi connectivity index (χ1v) is 8.58. The SMILES string of the molecule is COCCNC(=O)Oc1ccc(NS(=O)(=O)c2ccc(F)cc2)cn1. The fourth-order valence-electron chi connectivity index (χ4n) is 1.72. The van der Waals surface area contributed by atoms with Crippen LogP contribution in [0.2, 0.25) is 0 Å². The van der Waals surface area contributed by atoms with Crippen molar-refractivity contribution < 1.29 is 27.1 Å². The molecule has 1 heterocycles. The monoisotopic (exact) mass is 369 g/mol. The molecule has 0 fully saturated rings. The Hall–Kier alpha value is -2.72. The summed E-state index contributed by atoms with van der Waals surface area (Å²) in [5.41, 5.74) is 0.163. The summed E-state index contributed by atoms with van der Waals surface area (Å²) in [4.78, 5) is 15.2. The van der Waals surface area contributed by atoms with Crippen LogP contribution in [0.1, 0.15) is 0 Å². The predicted octanol–water partition coefficient (Wildman–Crippen LogP) is 1.76. The lowest BCUT2D eigenvalue weighted by molar-refractivity contribution is 0.179. The molecule has 0 aliphatic carbocycles. The Morgan fingerprint density at radius 3 is 2.52 bits per heavy atom. The van der Waals surface area contributed by atoms with Gasteiger partial charge in [0.05, 0.1) is 23.4 Å². The van der Waals surface area contributed by atoms with E-state index < -0.39 is 21.9 Å². The largest absolute Gasteiger partial charge is 0.414 e. The molecule has 0 atom stereocenters. The average Bonchev–Trinajstić information content (AvgIpc) is 2.57. The summed E-state index contributed by atoms with van der Waals surface area (Å²) >= 11 is 0. The van der Waals surface area contributed by atoms with Crippen LogP contribution >= 0.6 is 0 Å². The van der Waals surface area contributed by atoms with Crippen LogP contribution in [-0.4, -0.2) is 39.8 Å². The maximum absolute atomic E-state index is 12.9. The summed E-state index contributed by atoms with van der Waals surface area (Å²) in [6.07, 6.45) is 0.489. The van der Waals surface area contributed by atoms with Gasteiger partial charge in [-0.05, 0) is 30.3 Å². The van der Waals surface area contributed by atoms with E-state index in [0.717, 1.165) is 24.3 Å². The highest BCUT2D eigenvalue weighted by Crippen LogP contribution is 2.17. The molecule has 0 spiro atoms. The van der Waals surface area contributed by atoms with Gasteiger partial charge in [-0.3, -0.25) is 4.72 Å². The van der Waals surface area contributed by atoms with Crippen molar-refractivity contribution in [3.8, 4) is 5.88 Å². The van der Waals surface area contributed by atoms with Crippen LogP contribution in [0.3, 0.4) is 0 Å². The molecule has 134 valence electrons. The lowest BCUT2D eigenvalue weighted by Gasteiger charge is -2.09. The quantitative estimate of drug-likeness (QED) is 0.720. The number of pyridine rings is 1. The highest BCUT2D eigenvalue weighted by Gasteiger charge is 2.14. The van der Waals surface area contributed by atoms with Gasteiger partial charge in [-0.1, -0.05) is 0 Å². The number of anilines is 1. The summed E-state index contributed by atoms with van der Waals surface area (Å²) in [5.74, 6) is -0.537. The van der Waals surface area contributed by atoms with Gasteiger partial charge in [0.25, 0.3) is 10.0 Å². The van der Waals surface area contributed by atoms with Crippen molar-refractivity contribution in [3.05, 3.63) is 48.4 Å². The summed E-state index contributed by atoms with van der Waals surface area (Å²) < 4.78 is 49.2. The summed E-state index contributed by atoms with van der Waals surface area (Å²) in [6, 6.07) is 7.10. The summed E-state index contributed by atoms with van der Waals surface area (Å²) in [5, 5.41) is 2.44. The number of nitrogens with one attached hydrogen (secondary N) is 2. The van der Waals surface area contributed by atoms with Gasteiger partial charge in [0.1, 0.15) is 5.82 Å². The van der Waals surface area contributed by atoms with E-state index in [2.05, 4.69) is 15.0 Å². The summed E-state index contributed by atoms with van der Waals surface area (Å²) in [7, 11) is -2.37. The molecule has 0 unspecified atom stereocenters. The fraction of sp³-hybridized carbons (Fsp3) is 0.200. The highest BCUT2D eigenvalue weighted by molar-refractivity contribution is 7.92. The zero-order chi connectivity index (χ0) is 18.3. The number of nitrogens with zero attached hydrogens (tertiary/aromatic N) is 1. The number of aromatic nitrogens is 1. The number of ether oxygens (including phenoxy) is 2. The number of benzene rings is 1. The van der Waals surface area contributed by atoms with Crippen molar-refractivity contribution in [2.45, 2.75) is 4.90 Å². The Morgan fingerprint density at radius 1 is 1.20 bits per heavy atom. The van der Waals surface area contributed by atoms with Crippen LogP contribution in [0.25, 0.3) is 0 Å². The van der Waals surface area contributed by atoms with E-state index in [9.17, 15) is 17.6 Å². The van der Waals surface area contributed by atoms with Gasteiger partial charge in [0.2, 0.25) is 5.88 Å². The third-order valence-electron chi connectivity index (χ3n) is 2.89. The van der Waals surface area contributed by atoms with Crippen LogP contribution in [0, 0.1) is 5.82 Å². The fourth-order valence-corrected chi connectivity index (χ4v) is 2.76. The van der Waals surface area contributed by atoms with Crippen LogP contribution in [0.4, 0.5) is 14.9 Å². The molecule has 8 nitrogen and oxygen atoms in total. The van der Waals surface area contributed by atoms with Crippen molar-refractivity contribution in [2.24, 2.45) is 0 Å². The molecule has 0 bridgehead atoms. The first kappa shape index (κ1) is 18.6. The average molecular weight is 369 g/mol. The van der Waals surface area contributed by atoms with E-state index in [1.54, 1.807) is 0 Å². The number of amides is 1. The highest BCUT2D eigenvalue weighted by atomic mass is 32.2. The third-order valence-corrected chi connectivity index (χ3v) is 4.28. The molecule has 1 amide bonds. The Balaban J connectivity index is 1.97. The van der Waals surface area contributed by atoms with Crippen LogP contribution in [0.15, 0.2) is 47.5 Å². The second kappa shape index (κ2) is 8.40. The summed E-state index contributed by atoms with van der Waals surface area (Å²) in [6.45, 7) is 0.623. The van der Waals surface area contributed by atoms with Crippen molar-refractivity contribution in [2.75, 3.05) is 25.0 Å². The molecule has 0 saturated heterocycles. The predicted molar refractivity (Wildman–Crippen MR) is 87.3 cm³/mol. The van der Waals surface area contributed by atoms with E-state index in [0.29, 0.717) is 6.61 Å². The number of sulfonamides is 1. The van der Waals surface area contributed by atoms with Gasteiger partial charge in [0, 0.05) is 19.7 Å². The molecule has 0 radical (unpaired) electrons. The van der Waals surface area contributed by atoms with Gasteiger partial charge < -0.3 is 14.8 Å². The van der Waals surface area contributed by atoms with Gasteiger partial charge in [-0.25, -0.2) is 22.6 Å². The van der Waals surface area contributed by atoms with E-state index in [1.165, 1.54) is 25.4 Å². The van der Waals surface area contributed by atoms with Crippen molar-refractivity contribution >= 4 is 21.8 Å². The van der Waals surface area contributed by atoms with Gasteiger partial charge in [0.15, 0.2) is 0 Å². The van der Waals surface area contributed by atoms with Crippen molar-refractivity contribution in [1.82, 2.24) is 10.3 Å². The number of carbonyl (C=O) groups is 1. The Bertz CT molecular complexity index is 810. The zero-order valence-corrected chi connectivity index (χ0v) is 14.0. The molecule has 2 N–H and O–H groups in total. The molecular weight excluding hydrogens is 353 g/mol. The van der Waals surface area contributed by atoms with Gasteiger partial charge in [-0.15, -0.1) is 0 Å². The maximum Gasteiger partial charge on any atom is 0.414 e. The number of halogens is 1. The molecule has 2 rings (SSSR count). The second-order valence-electron chi connectivity index (χ2n) is 4.75. The minimum Gasteiger partial charge on any atom is -0.391 e. The van der Waals surface area contributed by atoms with Crippen LogP contribution < -0.4 is 14.8 Å². The molecule has 1 aromatic heterocycles. The smallest absolute Gasteiger partial charge is 0.391 e. The first-order chi connectivity index (χ1) is 11.9. The minimum absolute atomic E-state index is 0.000327. The number of rotatable bonds is 7. The third kappa shape index (κ3) is 5.69. The molecule has 2 aromatic rings. The normalized spacial score (nSPS) is 11.0. The van der Waals surface area contributed by atoms with E-state index in [-0.39, 0.29) is 23.0 Å². The second-order valence-corrected chi connectivity index (χ2v) is 6.44. The molecular formula is C15H16FN3O5S. The molecule has 1 aromatic carbocycles. The molecule has 0 aliphatic rings. The van der Waals surface area contributed by atoms with Crippen molar-refractivity contribution in [1.29, 1.82) is 0 Å². The van der Waals surface area contributed by atoms with E-state index >= 15 is 0 Å². The standard InChI is InChI=1S/C15H16FN3O5S/c1-23-9-8-17-15(20)24-14-7-4-12(10-18-14)19-25(21,22)13-5-2-11(16)3-6-13/h2-7,10,19H,8-9H2,1H3,(H,17,20). The first-order valence-electron chi connectivity index (χ1n) is 7.10. The minimum atomic E-state index is -3.87. The lowest BCUT2D eigenvalue weighted by atomic mass is 10.4.